The molecule has 0 saturated heterocycles. The second-order valence-electron chi connectivity index (χ2n) is 7.74. The van der Waals surface area contributed by atoms with Crippen molar-refractivity contribution in [2.45, 2.75) is 33.2 Å². The van der Waals surface area contributed by atoms with Crippen LogP contribution in [-0.2, 0) is 20.0 Å². The fourth-order valence-corrected chi connectivity index (χ4v) is 4.06. The number of carbonyl (C=O) groups excluding carboxylic acids is 1. The molecule has 1 amide bonds. The molecule has 0 unspecified atom stereocenters. The topological polar surface area (TPSA) is 78.8 Å². The quantitative estimate of drug-likeness (QED) is 0.632. The first-order valence-electron chi connectivity index (χ1n) is 10.2. The molecule has 7 heteroatoms. The summed E-state index contributed by atoms with van der Waals surface area (Å²) in [6.45, 7) is 7.67. The van der Waals surface area contributed by atoms with Crippen molar-refractivity contribution >= 4 is 5.91 Å². The van der Waals surface area contributed by atoms with Gasteiger partial charge in [0.2, 0.25) is 0 Å². The van der Waals surface area contributed by atoms with E-state index in [9.17, 15) is 4.79 Å². The number of rotatable bonds is 6. The van der Waals surface area contributed by atoms with Crippen molar-refractivity contribution in [1.29, 1.82) is 0 Å². The van der Waals surface area contributed by atoms with Crippen molar-refractivity contribution in [3.8, 4) is 11.3 Å². The van der Waals surface area contributed by atoms with Crippen LogP contribution in [0.15, 0.2) is 30.3 Å². The number of aryl methyl sites for hydroxylation is 2. The van der Waals surface area contributed by atoms with Gasteiger partial charge in [-0.1, -0.05) is 24.3 Å². The highest BCUT2D eigenvalue weighted by Gasteiger charge is 2.18. The van der Waals surface area contributed by atoms with Gasteiger partial charge < -0.3 is 5.32 Å². The predicted octanol–water partition coefficient (Wildman–Crippen LogP) is 2.61. The zero-order valence-electron chi connectivity index (χ0n) is 17.3. The van der Waals surface area contributed by atoms with Gasteiger partial charge in [0, 0.05) is 44.5 Å². The van der Waals surface area contributed by atoms with Crippen LogP contribution < -0.4 is 5.32 Å². The SMILES string of the molecule is Cc1nn(C)c(C)c1-c1cc(C(=O)NCCCN2CCc3ccccc3C2)[nH]n1. The summed E-state index contributed by atoms with van der Waals surface area (Å²) in [6, 6.07) is 10.5. The largest absolute Gasteiger partial charge is 0.351 e. The summed E-state index contributed by atoms with van der Waals surface area (Å²) in [5, 5.41) is 14.6. The van der Waals surface area contributed by atoms with E-state index in [-0.39, 0.29) is 5.91 Å². The molecule has 0 aliphatic carbocycles. The van der Waals surface area contributed by atoms with E-state index in [1.54, 1.807) is 6.07 Å². The fourth-order valence-electron chi connectivity index (χ4n) is 4.06. The van der Waals surface area contributed by atoms with Gasteiger partial charge in [0.05, 0.1) is 11.4 Å². The lowest BCUT2D eigenvalue weighted by Crippen LogP contribution is -2.33. The Morgan fingerprint density at radius 1 is 1.24 bits per heavy atom. The third-order valence-electron chi connectivity index (χ3n) is 5.73. The molecule has 29 heavy (non-hydrogen) atoms. The number of aromatic amines is 1. The minimum atomic E-state index is -0.119. The molecule has 0 bridgehead atoms. The van der Waals surface area contributed by atoms with Gasteiger partial charge in [-0.15, -0.1) is 0 Å². The van der Waals surface area contributed by atoms with Crippen LogP contribution in [0.4, 0.5) is 0 Å². The maximum atomic E-state index is 12.5. The van der Waals surface area contributed by atoms with Crippen molar-refractivity contribution < 1.29 is 4.79 Å². The third kappa shape index (κ3) is 4.10. The molecule has 1 aliphatic rings. The lowest BCUT2D eigenvalue weighted by atomic mass is 10.00. The van der Waals surface area contributed by atoms with E-state index in [2.05, 4.69) is 49.8 Å². The molecule has 2 aromatic heterocycles. The Hall–Kier alpha value is -2.93. The number of hydrogen-bond donors (Lipinski definition) is 2. The maximum absolute atomic E-state index is 12.5. The first kappa shape index (κ1) is 19.4. The van der Waals surface area contributed by atoms with Crippen molar-refractivity contribution in [3.63, 3.8) is 0 Å². The normalized spacial score (nSPS) is 14.0. The van der Waals surface area contributed by atoms with Crippen LogP contribution >= 0.6 is 0 Å². The lowest BCUT2D eigenvalue weighted by Gasteiger charge is -2.28. The Morgan fingerprint density at radius 3 is 2.79 bits per heavy atom. The van der Waals surface area contributed by atoms with E-state index in [0.717, 1.165) is 55.1 Å². The maximum Gasteiger partial charge on any atom is 0.269 e. The molecule has 1 aromatic carbocycles. The van der Waals surface area contributed by atoms with Gasteiger partial charge >= 0.3 is 0 Å². The average Bonchev–Trinajstić information content (AvgIpc) is 3.29. The van der Waals surface area contributed by atoms with Crippen LogP contribution in [-0.4, -0.2) is 50.4 Å². The molecule has 0 fully saturated rings. The predicted molar refractivity (Wildman–Crippen MR) is 113 cm³/mol. The highest BCUT2D eigenvalue weighted by atomic mass is 16.1. The summed E-state index contributed by atoms with van der Waals surface area (Å²) in [5.74, 6) is -0.119. The molecular formula is C22H28N6O. The van der Waals surface area contributed by atoms with Crippen LogP contribution in [0.1, 0.15) is 39.4 Å². The number of H-pyrrole nitrogens is 1. The molecule has 7 nitrogen and oxygen atoms in total. The van der Waals surface area contributed by atoms with Crippen LogP contribution in [0, 0.1) is 13.8 Å². The molecule has 0 atom stereocenters. The number of nitrogens with one attached hydrogen (secondary N) is 2. The van der Waals surface area contributed by atoms with Gasteiger partial charge in [-0.3, -0.25) is 19.5 Å². The first-order valence-corrected chi connectivity index (χ1v) is 10.2. The molecule has 3 aromatic rings. The van der Waals surface area contributed by atoms with E-state index in [0.29, 0.717) is 12.2 Å². The number of fused-ring (bicyclic) bond motifs is 1. The third-order valence-corrected chi connectivity index (χ3v) is 5.73. The van der Waals surface area contributed by atoms with Crippen molar-refractivity contribution in [1.82, 2.24) is 30.2 Å². The van der Waals surface area contributed by atoms with Crippen LogP contribution in [0.25, 0.3) is 11.3 Å². The van der Waals surface area contributed by atoms with Crippen LogP contribution in [0.5, 0.6) is 0 Å². The van der Waals surface area contributed by atoms with Gasteiger partial charge in [-0.05, 0) is 43.9 Å². The molecule has 0 radical (unpaired) electrons. The van der Waals surface area contributed by atoms with E-state index in [1.807, 2.05) is 25.6 Å². The summed E-state index contributed by atoms with van der Waals surface area (Å²) in [4.78, 5) is 14.9. The molecule has 4 rings (SSSR count). The summed E-state index contributed by atoms with van der Waals surface area (Å²) in [7, 11) is 1.91. The number of hydrogen-bond acceptors (Lipinski definition) is 4. The summed E-state index contributed by atoms with van der Waals surface area (Å²) in [6.07, 6.45) is 2.03. The Bertz CT molecular complexity index is 1020. The Morgan fingerprint density at radius 2 is 2.03 bits per heavy atom. The first-order chi connectivity index (χ1) is 14.0. The number of nitrogens with zero attached hydrogens (tertiary/aromatic N) is 4. The fraction of sp³-hybridized carbons (Fsp3) is 0.409. The highest BCUT2D eigenvalue weighted by molar-refractivity contribution is 5.93. The monoisotopic (exact) mass is 392 g/mol. The van der Waals surface area contributed by atoms with Gasteiger partial charge in [-0.25, -0.2) is 0 Å². The second-order valence-corrected chi connectivity index (χ2v) is 7.74. The summed E-state index contributed by atoms with van der Waals surface area (Å²) in [5.41, 5.74) is 7.04. The zero-order valence-corrected chi connectivity index (χ0v) is 17.3. The van der Waals surface area contributed by atoms with Gasteiger partial charge in [-0.2, -0.15) is 10.2 Å². The molecule has 0 saturated carbocycles. The molecule has 0 spiro atoms. The lowest BCUT2D eigenvalue weighted by molar-refractivity contribution is 0.0946. The van der Waals surface area contributed by atoms with E-state index >= 15 is 0 Å². The van der Waals surface area contributed by atoms with Crippen LogP contribution in [0.3, 0.4) is 0 Å². The molecule has 152 valence electrons. The van der Waals surface area contributed by atoms with E-state index in [1.165, 1.54) is 11.1 Å². The smallest absolute Gasteiger partial charge is 0.269 e. The number of benzene rings is 1. The van der Waals surface area contributed by atoms with Crippen LogP contribution in [0.2, 0.25) is 0 Å². The Labute approximate surface area is 171 Å². The van der Waals surface area contributed by atoms with E-state index < -0.39 is 0 Å². The number of carbonyl (C=O) groups is 1. The summed E-state index contributed by atoms with van der Waals surface area (Å²) < 4.78 is 1.83. The van der Waals surface area contributed by atoms with Crippen molar-refractivity contribution in [2.75, 3.05) is 19.6 Å². The Balaban J connectivity index is 1.27. The van der Waals surface area contributed by atoms with Crippen molar-refractivity contribution in [2.24, 2.45) is 7.05 Å². The molecule has 2 N–H and O–H groups in total. The van der Waals surface area contributed by atoms with Gasteiger partial charge in [0.15, 0.2) is 0 Å². The van der Waals surface area contributed by atoms with Crippen molar-refractivity contribution in [3.05, 3.63) is 58.5 Å². The standard InChI is InChI=1S/C22H28N6O/c1-15-21(16(2)27(3)26-15)19-13-20(25-24-19)22(29)23-10-6-11-28-12-9-17-7-4-5-8-18(17)14-28/h4-5,7-8,13H,6,9-12,14H2,1-3H3,(H,23,29)(H,24,25). The number of amides is 1. The number of aromatic nitrogens is 4. The minimum Gasteiger partial charge on any atom is -0.351 e. The zero-order chi connectivity index (χ0) is 20.4. The molecule has 3 heterocycles. The Kier molecular flexibility index (Phi) is 5.49. The molecular weight excluding hydrogens is 364 g/mol. The summed E-state index contributed by atoms with van der Waals surface area (Å²) >= 11 is 0. The average molecular weight is 393 g/mol. The van der Waals surface area contributed by atoms with E-state index in [4.69, 9.17) is 0 Å². The highest BCUT2D eigenvalue weighted by Crippen LogP contribution is 2.25. The van der Waals surface area contributed by atoms with Gasteiger partial charge in [0.1, 0.15) is 5.69 Å². The van der Waals surface area contributed by atoms with Gasteiger partial charge in [0.25, 0.3) is 5.91 Å². The second kappa shape index (κ2) is 8.21. The molecule has 1 aliphatic heterocycles. The minimum absolute atomic E-state index is 0.119.